The Morgan fingerprint density at radius 1 is 1.19 bits per heavy atom. The second-order valence-electron chi connectivity index (χ2n) is 5.23. The lowest BCUT2D eigenvalue weighted by molar-refractivity contribution is 0.729. The minimum atomic E-state index is 0.116. The predicted octanol–water partition coefficient (Wildman–Crippen LogP) is 4.86. The van der Waals surface area contributed by atoms with E-state index in [-0.39, 0.29) is 6.04 Å². The number of aromatic nitrogens is 1. The van der Waals surface area contributed by atoms with Crippen molar-refractivity contribution in [2.75, 3.05) is 0 Å². The van der Waals surface area contributed by atoms with Crippen LogP contribution in [0.5, 0.6) is 0 Å². The van der Waals surface area contributed by atoms with Gasteiger partial charge in [0.1, 0.15) is 0 Å². The van der Waals surface area contributed by atoms with E-state index in [2.05, 4.69) is 29.2 Å². The SMILES string of the molecule is CC(N)Cc1cccc(Cl)c1Sc1cc2ccccc2[nH]1. The van der Waals surface area contributed by atoms with Crippen LogP contribution in [0, 0.1) is 0 Å². The van der Waals surface area contributed by atoms with Gasteiger partial charge in [0.05, 0.1) is 10.0 Å². The van der Waals surface area contributed by atoms with Crippen LogP contribution in [0.2, 0.25) is 5.02 Å². The van der Waals surface area contributed by atoms with Crippen molar-refractivity contribution in [3.63, 3.8) is 0 Å². The van der Waals surface area contributed by atoms with Gasteiger partial charge in [-0.15, -0.1) is 0 Å². The van der Waals surface area contributed by atoms with Gasteiger partial charge in [0.15, 0.2) is 0 Å². The number of H-pyrrole nitrogens is 1. The Morgan fingerprint density at radius 2 is 2.00 bits per heavy atom. The third-order valence-corrected chi connectivity index (χ3v) is 4.86. The summed E-state index contributed by atoms with van der Waals surface area (Å²) in [5.74, 6) is 0. The number of para-hydroxylation sites is 1. The van der Waals surface area contributed by atoms with Crippen molar-refractivity contribution in [1.29, 1.82) is 0 Å². The van der Waals surface area contributed by atoms with Gasteiger partial charge in [-0.05, 0) is 37.1 Å². The first-order valence-electron chi connectivity index (χ1n) is 6.92. The maximum atomic E-state index is 6.39. The lowest BCUT2D eigenvalue weighted by atomic mass is 10.1. The van der Waals surface area contributed by atoms with Crippen molar-refractivity contribution in [1.82, 2.24) is 4.98 Å². The van der Waals surface area contributed by atoms with Gasteiger partial charge in [0.2, 0.25) is 0 Å². The first kappa shape index (κ1) is 14.5. The lowest BCUT2D eigenvalue weighted by Gasteiger charge is -2.12. The zero-order chi connectivity index (χ0) is 14.8. The van der Waals surface area contributed by atoms with Gasteiger partial charge in [-0.3, -0.25) is 0 Å². The molecule has 3 N–H and O–H groups in total. The maximum Gasteiger partial charge on any atom is 0.0781 e. The van der Waals surface area contributed by atoms with Gasteiger partial charge in [0, 0.05) is 21.8 Å². The lowest BCUT2D eigenvalue weighted by Crippen LogP contribution is -2.18. The summed E-state index contributed by atoms with van der Waals surface area (Å²) in [6, 6.07) is 16.5. The molecule has 3 aromatic rings. The van der Waals surface area contributed by atoms with Crippen LogP contribution >= 0.6 is 23.4 Å². The molecule has 0 fully saturated rings. The van der Waals surface area contributed by atoms with Gasteiger partial charge in [0.25, 0.3) is 0 Å². The minimum absolute atomic E-state index is 0.116. The summed E-state index contributed by atoms with van der Waals surface area (Å²) < 4.78 is 0. The summed E-state index contributed by atoms with van der Waals surface area (Å²) in [4.78, 5) is 4.51. The number of aromatic amines is 1. The molecular weight excluding hydrogens is 300 g/mol. The molecule has 0 aliphatic carbocycles. The van der Waals surface area contributed by atoms with Crippen molar-refractivity contribution in [3.8, 4) is 0 Å². The third kappa shape index (κ3) is 3.26. The van der Waals surface area contributed by atoms with E-state index in [1.165, 1.54) is 10.9 Å². The molecule has 0 bridgehead atoms. The highest BCUT2D eigenvalue weighted by molar-refractivity contribution is 7.99. The molecule has 108 valence electrons. The first-order chi connectivity index (χ1) is 10.1. The zero-order valence-electron chi connectivity index (χ0n) is 11.8. The molecular formula is C17H17ClN2S. The number of hydrogen-bond donors (Lipinski definition) is 2. The van der Waals surface area contributed by atoms with Gasteiger partial charge >= 0.3 is 0 Å². The second-order valence-corrected chi connectivity index (χ2v) is 6.69. The molecule has 0 radical (unpaired) electrons. The maximum absolute atomic E-state index is 6.39. The predicted molar refractivity (Wildman–Crippen MR) is 91.2 cm³/mol. The molecule has 1 heterocycles. The van der Waals surface area contributed by atoms with E-state index >= 15 is 0 Å². The Morgan fingerprint density at radius 3 is 2.76 bits per heavy atom. The van der Waals surface area contributed by atoms with Crippen LogP contribution in [0.1, 0.15) is 12.5 Å². The molecule has 3 rings (SSSR count). The molecule has 0 aliphatic rings. The quantitative estimate of drug-likeness (QED) is 0.721. The molecule has 0 aliphatic heterocycles. The van der Waals surface area contributed by atoms with Crippen LogP contribution in [0.25, 0.3) is 10.9 Å². The fourth-order valence-corrected chi connectivity index (χ4v) is 3.71. The van der Waals surface area contributed by atoms with Gasteiger partial charge in [-0.2, -0.15) is 0 Å². The van der Waals surface area contributed by atoms with Crippen LogP contribution < -0.4 is 5.73 Å². The zero-order valence-corrected chi connectivity index (χ0v) is 13.3. The van der Waals surface area contributed by atoms with E-state index in [4.69, 9.17) is 17.3 Å². The summed E-state index contributed by atoms with van der Waals surface area (Å²) in [6.07, 6.45) is 0.823. The van der Waals surface area contributed by atoms with Gasteiger partial charge in [-0.25, -0.2) is 0 Å². The smallest absolute Gasteiger partial charge is 0.0781 e. The molecule has 1 unspecified atom stereocenters. The molecule has 21 heavy (non-hydrogen) atoms. The second kappa shape index (κ2) is 6.14. The number of rotatable bonds is 4. The fourth-order valence-electron chi connectivity index (χ4n) is 2.39. The molecule has 1 atom stereocenters. The average Bonchev–Trinajstić information content (AvgIpc) is 2.84. The molecule has 4 heteroatoms. The topological polar surface area (TPSA) is 41.8 Å². The minimum Gasteiger partial charge on any atom is -0.349 e. The highest BCUT2D eigenvalue weighted by atomic mass is 35.5. The van der Waals surface area contributed by atoms with Crippen molar-refractivity contribution in [2.24, 2.45) is 5.73 Å². The van der Waals surface area contributed by atoms with Crippen molar-refractivity contribution >= 4 is 34.3 Å². The first-order valence-corrected chi connectivity index (χ1v) is 8.11. The molecule has 1 aromatic heterocycles. The molecule has 2 aromatic carbocycles. The number of benzene rings is 2. The third-order valence-electron chi connectivity index (χ3n) is 3.31. The summed E-state index contributed by atoms with van der Waals surface area (Å²) in [7, 11) is 0. The Balaban J connectivity index is 1.96. The molecule has 0 saturated carbocycles. The average molecular weight is 317 g/mol. The summed E-state index contributed by atoms with van der Waals surface area (Å²) in [5.41, 5.74) is 8.27. The molecule has 0 amide bonds. The van der Waals surface area contributed by atoms with Crippen LogP contribution in [0.4, 0.5) is 0 Å². The summed E-state index contributed by atoms with van der Waals surface area (Å²) in [6.45, 7) is 2.01. The Kier molecular flexibility index (Phi) is 4.24. The van der Waals surface area contributed by atoms with E-state index in [1.54, 1.807) is 11.8 Å². The van der Waals surface area contributed by atoms with Crippen LogP contribution in [-0.2, 0) is 6.42 Å². The summed E-state index contributed by atoms with van der Waals surface area (Å²) in [5, 5.41) is 3.08. The van der Waals surface area contributed by atoms with Crippen LogP contribution in [-0.4, -0.2) is 11.0 Å². The Hall–Kier alpha value is -1.42. The van der Waals surface area contributed by atoms with Crippen LogP contribution in [0.3, 0.4) is 0 Å². The molecule has 0 saturated heterocycles. The van der Waals surface area contributed by atoms with Crippen LogP contribution in [0.15, 0.2) is 58.5 Å². The molecule has 2 nitrogen and oxygen atoms in total. The van der Waals surface area contributed by atoms with E-state index < -0.39 is 0 Å². The van der Waals surface area contributed by atoms with Crippen molar-refractivity contribution in [2.45, 2.75) is 29.3 Å². The van der Waals surface area contributed by atoms with Crippen molar-refractivity contribution < 1.29 is 0 Å². The van der Waals surface area contributed by atoms with Crippen molar-refractivity contribution in [3.05, 3.63) is 59.1 Å². The Labute approximate surface area is 133 Å². The fraction of sp³-hybridized carbons (Fsp3) is 0.176. The van der Waals surface area contributed by atoms with E-state index in [1.807, 2.05) is 31.2 Å². The largest absolute Gasteiger partial charge is 0.349 e. The normalized spacial score (nSPS) is 12.7. The highest BCUT2D eigenvalue weighted by Gasteiger charge is 2.12. The Bertz CT molecular complexity index is 731. The standard InChI is InChI=1S/C17H17ClN2S/c1-11(19)9-13-6-4-7-14(18)17(13)21-16-10-12-5-2-3-8-15(12)20-16/h2-8,10-11,20H,9,19H2,1H3. The number of nitrogens with one attached hydrogen (secondary N) is 1. The number of fused-ring (bicyclic) bond motifs is 1. The van der Waals surface area contributed by atoms with E-state index in [0.29, 0.717) is 0 Å². The highest BCUT2D eigenvalue weighted by Crippen LogP contribution is 2.37. The summed E-state index contributed by atoms with van der Waals surface area (Å²) >= 11 is 8.05. The molecule has 0 spiro atoms. The number of halogens is 1. The van der Waals surface area contributed by atoms with E-state index in [9.17, 15) is 0 Å². The van der Waals surface area contributed by atoms with Gasteiger partial charge in [-0.1, -0.05) is 53.7 Å². The van der Waals surface area contributed by atoms with E-state index in [0.717, 1.165) is 26.9 Å². The number of hydrogen-bond acceptors (Lipinski definition) is 2. The van der Waals surface area contributed by atoms with Gasteiger partial charge < -0.3 is 10.7 Å². The monoisotopic (exact) mass is 316 g/mol. The number of nitrogens with two attached hydrogens (primary N) is 1.